The first-order valence-electron chi connectivity index (χ1n) is 2.32. The summed E-state index contributed by atoms with van der Waals surface area (Å²) in [4.78, 5) is 19.4. The summed E-state index contributed by atoms with van der Waals surface area (Å²) in [7, 11) is 0. The minimum absolute atomic E-state index is 0.0827. The molecular weight excluding hydrogens is 241 g/mol. The van der Waals surface area contributed by atoms with E-state index >= 15 is 0 Å². The molecule has 1 N–H and O–H groups in total. The average Bonchev–Trinajstić information content (AvgIpc) is 2.03. The maximum Gasteiger partial charge on any atom is 0.353 e. The molecule has 0 amide bonds. The number of halogens is 2. The minimum Gasteiger partial charge on any atom is -0.382 e. The molecular formula is C3HBrClN3O3. The van der Waals surface area contributed by atoms with Crippen LogP contribution in [-0.2, 0) is 0 Å². The van der Waals surface area contributed by atoms with E-state index in [4.69, 9.17) is 11.9 Å². The predicted molar refractivity (Wildman–Crippen MR) is 38.7 cm³/mol. The molecule has 0 aliphatic rings. The topological polar surface area (TPSA) is 77.1 Å². The van der Waals surface area contributed by atoms with Crippen molar-refractivity contribution in [2.75, 3.05) is 0 Å². The van der Waals surface area contributed by atoms with Gasteiger partial charge in [0, 0.05) is 0 Å². The smallest absolute Gasteiger partial charge is 0.353 e. The van der Waals surface area contributed by atoms with Gasteiger partial charge in [0.25, 0.3) is 0 Å². The summed E-state index contributed by atoms with van der Waals surface area (Å²) >= 11 is 7.48. The molecule has 0 spiro atoms. The summed E-state index contributed by atoms with van der Waals surface area (Å²) in [5, 5.41) is 0. The average molecular weight is 242 g/mol. The van der Waals surface area contributed by atoms with Crippen molar-refractivity contribution in [1.29, 1.82) is 0 Å². The largest absolute Gasteiger partial charge is 0.382 e. The van der Waals surface area contributed by atoms with E-state index in [-0.39, 0.29) is 12.0 Å². The van der Waals surface area contributed by atoms with E-state index in [2.05, 4.69) is 39.3 Å². The molecule has 0 aliphatic heterocycles. The first-order valence-corrected chi connectivity index (χ1v) is 3.27. The third-order valence-corrected chi connectivity index (χ3v) is 1.19. The second kappa shape index (κ2) is 3.54. The molecule has 0 fully saturated rings. The third-order valence-electron chi connectivity index (χ3n) is 0.750. The third kappa shape index (κ3) is 2.05. The molecule has 1 rings (SSSR count). The summed E-state index contributed by atoms with van der Waals surface area (Å²) in [6, 6.07) is -0.356. The molecule has 0 saturated heterocycles. The van der Waals surface area contributed by atoms with Crippen molar-refractivity contribution < 1.29 is 8.12 Å². The van der Waals surface area contributed by atoms with E-state index in [0.717, 1.165) is 0 Å². The van der Waals surface area contributed by atoms with Gasteiger partial charge in [-0.25, -0.2) is 4.79 Å². The fourth-order valence-corrected chi connectivity index (χ4v) is 0.639. The normalized spacial score (nSPS) is 9.27. The molecule has 0 bridgehead atoms. The van der Waals surface area contributed by atoms with E-state index in [1.165, 1.54) is 0 Å². The molecule has 8 heteroatoms. The van der Waals surface area contributed by atoms with Crippen molar-refractivity contribution in [2.24, 2.45) is 0 Å². The number of nitrogens with zero attached hydrogens (tertiary/aromatic N) is 2. The number of nitrogens with one attached hydrogen (secondary N) is 1. The van der Waals surface area contributed by atoms with E-state index in [1.54, 1.807) is 0 Å². The lowest BCUT2D eigenvalue weighted by Gasteiger charge is -1.94. The summed E-state index contributed by atoms with van der Waals surface area (Å²) < 4.78 is 8.47. The Hall–Kier alpha value is -0.820. The fourth-order valence-electron chi connectivity index (χ4n) is 0.417. The SMILES string of the molecule is O=c1nc(OCl)nc(OBr)[nH]1. The Morgan fingerprint density at radius 1 is 1.55 bits per heavy atom. The highest BCUT2D eigenvalue weighted by atomic mass is 79.9. The second-order valence-corrected chi connectivity index (χ2v) is 1.87. The van der Waals surface area contributed by atoms with Gasteiger partial charge in [-0.3, -0.25) is 4.98 Å². The van der Waals surface area contributed by atoms with E-state index in [1.807, 2.05) is 0 Å². The van der Waals surface area contributed by atoms with Gasteiger partial charge in [-0.1, -0.05) is 0 Å². The Bertz CT molecular complexity index is 277. The fraction of sp³-hybridized carbons (Fsp3) is 0. The quantitative estimate of drug-likeness (QED) is 0.811. The molecule has 0 aliphatic carbocycles. The Morgan fingerprint density at radius 3 is 2.82 bits per heavy atom. The molecule has 60 valence electrons. The van der Waals surface area contributed by atoms with E-state index in [9.17, 15) is 4.79 Å². The van der Waals surface area contributed by atoms with Gasteiger partial charge in [0.05, 0.1) is 0 Å². The Balaban J connectivity index is 3.12. The molecule has 0 radical (unpaired) electrons. The van der Waals surface area contributed by atoms with Gasteiger partial charge in [0.15, 0.2) is 16.3 Å². The molecule has 0 unspecified atom stereocenters. The predicted octanol–water partition coefficient (Wildman–Crippen LogP) is 0.386. The van der Waals surface area contributed by atoms with Crippen molar-refractivity contribution in [3.63, 3.8) is 0 Å². The van der Waals surface area contributed by atoms with E-state index in [0.29, 0.717) is 0 Å². The van der Waals surface area contributed by atoms with Crippen LogP contribution in [0.15, 0.2) is 4.79 Å². The van der Waals surface area contributed by atoms with Crippen molar-refractivity contribution in [3.05, 3.63) is 10.5 Å². The molecule has 1 aromatic heterocycles. The first-order chi connectivity index (χ1) is 5.26. The van der Waals surface area contributed by atoms with Gasteiger partial charge in [-0.05, 0) is 0 Å². The van der Waals surface area contributed by atoms with Crippen LogP contribution in [0, 0.1) is 0 Å². The molecule has 11 heavy (non-hydrogen) atoms. The van der Waals surface area contributed by atoms with Gasteiger partial charge in [0.1, 0.15) is 11.9 Å². The first kappa shape index (κ1) is 8.28. The van der Waals surface area contributed by atoms with E-state index < -0.39 is 5.69 Å². The lowest BCUT2D eigenvalue weighted by molar-refractivity contribution is 0.515. The summed E-state index contributed by atoms with van der Waals surface area (Å²) in [6.45, 7) is 0. The van der Waals surface area contributed by atoms with Gasteiger partial charge >= 0.3 is 17.7 Å². The number of hydrogen-bond acceptors (Lipinski definition) is 5. The van der Waals surface area contributed by atoms with Gasteiger partial charge in [-0.2, -0.15) is 0 Å². The van der Waals surface area contributed by atoms with Crippen LogP contribution >= 0.6 is 28.1 Å². The van der Waals surface area contributed by atoms with Crippen molar-refractivity contribution in [1.82, 2.24) is 15.0 Å². The standard InChI is InChI=1S/C3HBrClN3O3/c4-10-2-6-1(9)7-3(8-2)11-5/h(H,6,7,8,9). The molecule has 6 nitrogen and oxygen atoms in total. The minimum atomic E-state index is -0.662. The highest BCUT2D eigenvalue weighted by Crippen LogP contribution is 2.06. The van der Waals surface area contributed by atoms with Crippen LogP contribution in [0.2, 0.25) is 0 Å². The zero-order valence-corrected chi connectivity index (χ0v) is 7.22. The Kier molecular flexibility index (Phi) is 2.66. The maximum atomic E-state index is 10.6. The van der Waals surface area contributed by atoms with Crippen LogP contribution < -0.4 is 13.8 Å². The zero-order valence-electron chi connectivity index (χ0n) is 4.88. The molecule has 1 aromatic rings. The lowest BCUT2D eigenvalue weighted by atomic mass is 11.0. The molecule has 0 aromatic carbocycles. The van der Waals surface area contributed by atoms with Crippen LogP contribution in [0.3, 0.4) is 0 Å². The van der Waals surface area contributed by atoms with Crippen molar-refractivity contribution in [2.45, 2.75) is 0 Å². The summed E-state index contributed by atoms with van der Waals surface area (Å²) in [5.41, 5.74) is -0.662. The molecule has 0 atom stereocenters. The second-order valence-electron chi connectivity index (χ2n) is 1.40. The van der Waals surface area contributed by atoms with Crippen molar-refractivity contribution in [3.8, 4) is 12.0 Å². The Morgan fingerprint density at radius 2 is 2.27 bits per heavy atom. The number of rotatable bonds is 2. The van der Waals surface area contributed by atoms with Gasteiger partial charge < -0.3 is 8.12 Å². The highest BCUT2D eigenvalue weighted by Gasteiger charge is 2.02. The number of aromatic amines is 1. The number of aromatic nitrogens is 3. The van der Waals surface area contributed by atoms with Gasteiger partial charge in [0.2, 0.25) is 0 Å². The molecule has 1 heterocycles. The van der Waals surface area contributed by atoms with Gasteiger partial charge in [-0.15, -0.1) is 9.97 Å². The molecule has 0 saturated carbocycles. The lowest BCUT2D eigenvalue weighted by Crippen LogP contribution is -2.12. The van der Waals surface area contributed by atoms with Crippen LogP contribution in [0.25, 0.3) is 0 Å². The zero-order chi connectivity index (χ0) is 8.27. The monoisotopic (exact) mass is 241 g/mol. The summed E-state index contributed by atoms with van der Waals surface area (Å²) in [6.07, 6.45) is 0. The number of hydrogen-bond donors (Lipinski definition) is 1. The summed E-state index contributed by atoms with van der Waals surface area (Å²) in [5.74, 6) is 0. The van der Waals surface area contributed by atoms with Crippen LogP contribution in [-0.4, -0.2) is 15.0 Å². The van der Waals surface area contributed by atoms with Crippen LogP contribution in [0.1, 0.15) is 0 Å². The van der Waals surface area contributed by atoms with Crippen LogP contribution in [0.4, 0.5) is 0 Å². The van der Waals surface area contributed by atoms with Crippen molar-refractivity contribution >= 4 is 28.1 Å². The number of H-pyrrole nitrogens is 1. The van der Waals surface area contributed by atoms with Crippen LogP contribution in [0.5, 0.6) is 12.0 Å². The maximum absolute atomic E-state index is 10.6. The highest BCUT2D eigenvalue weighted by molar-refractivity contribution is 9.06. The Labute approximate surface area is 74.1 Å².